The number of rotatable bonds is 35. The van der Waals surface area contributed by atoms with Gasteiger partial charge in [-0.1, -0.05) is 34.6 Å². The average molecular weight is 985 g/mol. The molecule has 68 heavy (non-hydrogen) atoms. The van der Waals surface area contributed by atoms with E-state index in [0.29, 0.717) is 44.9 Å². The molecule has 3 aliphatic heterocycles. The van der Waals surface area contributed by atoms with Gasteiger partial charge in [-0.3, -0.25) is 14.4 Å². The Labute approximate surface area is 400 Å². The van der Waals surface area contributed by atoms with Crippen LogP contribution in [0.1, 0.15) is 98.8 Å². The summed E-state index contributed by atoms with van der Waals surface area (Å²) in [5.74, 6) is -1.92. The van der Waals surface area contributed by atoms with Gasteiger partial charge in [-0.05, 0) is 50.9 Å². The van der Waals surface area contributed by atoms with Crippen molar-refractivity contribution in [3.05, 3.63) is 0 Å². The van der Waals surface area contributed by atoms with Crippen LogP contribution in [0.2, 0.25) is 0 Å². The number of Topliss-reactive ketones (excluding diaryl/α,β-unsaturated/α-hetero) is 3. The Morgan fingerprint density at radius 2 is 0.750 bits per heavy atom. The molecule has 21 heteroatoms. The number of unbranched alkanes of at least 4 members (excludes halogenated alkanes) is 3. The highest BCUT2D eigenvalue weighted by Gasteiger charge is 2.44. The zero-order valence-electron chi connectivity index (χ0n) is 40.7. The number of carbonyl (C=O) groups excluding carboxylic acids is 3. The van der Waals surface area contributed by atoms with Crippen molar-refractivity contribution in [3.63, 3.8) is 0 Å². The van der Waals surface area contributed by atoms with Crippen LogP contribution < -0.4 is 0 Å². The van der Waals surface area contributed by atoms with Crippen molar-refractivity contribution in [1.29, 1.82) is 0 Å². The molecule has 0 aromatic rings. The monoisotopic (exact) mass is 985 g/mol. The van der Waals surface area contributed by atoms with E-state index in [1.165, 1.54) is 0 Å². The fraction of sp³-hybridized carbons (Fsp3) is 0.936. The second-order valence-corrected chi connectivity index (χ2v) is 19.4. The second-order valence-electron chi connectivity index (χ2n) is 19.4. The fourth-order valence-electron chi connectivity index (χ4n) is 8.63. The third-order valence-electron chi connectivity index (χ3n) is 12.8. The van der Waals surface area contributed by atoms with Gasteiger partial charge in [0, 0.05) is 62.3 Å². The smallest absolute Gasteiger partial charge is 0.163 e. The lowest BCUT2D eigenvalue weighted by Crippen LogP contribution is -2.55. The number of aliphatic hydroxyl groups is 9. The SMILES string of the molecule is CC(C)CC(COCC(=O)CCCCO[C@@H]1OC(CO)[C@H](O)C(O)[C@@H]1C)(COCC(=O)CCCCO[C@@H]1OC(CO)[C@H](O)C(O)[C@@H]1C)COCC(=O)CCCCO[C@@H]1OC(CO)[C@H](O)C(O)[C@@H]1C. The van der Waals surface area contributed by atoms with E-state index in [-0.39, 0.29) is 102 Å². The molecular weight excluding hydrogens is 900 g/mol. The molecule has 0 spiro atoms. The van der Waals surface area contributed by atoms with Gasteiger partial charge < -0.3 is 88.6 Å². The van der Waals surface area contributed by atoms with Gasteiger partial charge in [-0.25, -0.2) is 0 Å². The standard InChI is InChI=1S/C47H84O21/c1-28(2)18-47(25-60-22-32(51)12-6-9-15-63-44-29(3)38(54)41(57)35(19-48)66-44,26-61-23-33(52)13-7-10-16-64-45-30(4)39(55)42(58)36(20-49)67-45)27-62-24-34(53)14-8-11-17-65-46-31(5)40(56)43(59)37(21-50)68-46/h28-31,35-46,48-50,54-59H,6-27H2,1-5H3/t29-,30-,31-,35?,36?,37?,38?,39?,40?,41-,42-,43-,44+,45+,46+,47?/m0/s1. The van der Waals surface area contributed by atoms with Crippen molar-refractivity contribution in [3.8, 4) is 0 Å². The average Bonchev–Trinajstić information content (AvgIpc) is 3.30. The number of aliphatic hydroxyl groups excluding tert-OH is 9. The Morgan fingerprint density at radius 1 is 0.471 bits per heavy atom. The van der Waals surface area contributed by atoms with E-state index < -0.39 is 117 Å². The highest BCUT2D eigenvalue weighted by atomic mass is 16.7. The van der Waals surface area contributed by atoms with E-state index in [4.69, 9.17) is 42.6 Å². The van der Waals surface area contributed by atoms with Gasteiger partial charge in [-0.2, -0.15) is 0 Å². The molecule has 398 valence electrons. The number of hydrogen-bond donors (Lipinski definition) is 9. The van der Waals surface area contributed by atoms with Gasteiger partial charge in [0.05, 0.1) is 58.0 Å². The largest absolute Gasteiger partial charge is 0.394 e. The first-order chi connectivity index (χ1) is 32.4. The Bertz CT molecular complexity index is 1260. The summed E-state index contributed by atoms with van der Waals surface area (Å²) in [5, 5.41) is 89.5. The molecule has 0 aromatic heterocycles. The third kappa shape index (κ3) is 19.7. The summed E-state index contributed by atoms with van der Waals surface area (Å²) in [6.07, 6.45) is -8.30. The predicted octanol–water partition coefficient (Wildman–Crippen LogP) is -0.438. The van der Waals surface area contributed by atoms with Crippen LogP contribution in [0.15, 0.2) is 0 Å². The topological polar surface area (TPSA) is 316 Å². The number of ketones is 3. The first-order valence-corrected chi connectivity index (χ1v) is 24.4. The quantitative estimate of drug-likeness (QED) is 0.0364. The summed E-state index contributed by atoms with van der Waals surface area (Å²) in [6, 6.07) is 0. The zero-order chi connectivity index (χ0) is 50.4. The van der Waals surface area contributed by atoms with Crippen molar-refractivity contribution in [2.45, 2.75) is 173 Å². The normalized spacial score (nSPS) is 33.1. The highest BCUT2D eigenvalue weighted by molar-refractivity contribution is 5.80. The maximum atomic E-state index is 12.9. The van der Waals surface area contributed by atoms with Crippen LogP contribution in [0, 0.1) is 29.1 Å². The van der Waals surface area contributed by atoms with Crippen LogP contribution in [0.25, 0.3) is 0 Å². The van der Waals surface area contributed by atoms with Crippen molar-refractivity contribution in [1.82, 2.24) is 0 Å². The van der Waals surface area contributed by atoms with Crippen molar-refractivity contribution < 1.29 is 103 Å². The van der Waals surface area contributed by atoms with Crippen LogP contribution in [-0.2, 0) is 57.0 Å². The summed E-state index contributed by atoms with van der Waals surface area (Å²) < 4.78 is 52.0. The molecule has 3 aliphatic rings. The van der Waals surface area contributed by atoms with Crippen LogP contribution in [-0.4, -0.2) is 216 Å². The lowest BCUT2D eigenvalue weighted by atomic mass is 9.82. The summed E-state index contributed by atoms with van der Waals surface area (Å²) >= 11 is 0. The first-order valence-electron chi connectivity index (χ1n) is 24.4. The Kier molecular flexibility index (Phi) is 28.2. The van der Waals surface area contributed by atoms with Gasteiger partial charge in [-0.15, -0.1) is 0 Å². The molecule has 9 N–H and O–H groups in total. The zero-order valence-corrected chi connectivity index (χ0v) is 40.7. The molecule has 0 aliphatic carbocycles. The van der Waals surface area contributed by atoms with Crippen molar-refractivity contribution in [2.75, 3.05) is 79.3 Å². The molecule has 3 heterocycles. The molecule has 3 saturated heterocycles. The lowest BCUT2D eigenvalue weighted by Gasteiger charge is -2.40. The van der Waals surface area contributed by atoms with Crippen molar-refractivity contribution in [2.24, 2.45) is 29.1 Å². The van der Waals surface area contributed by atoms with E-state index >= 15 is 0 Å². The summed E-state index contributed by atoms with van der Waals surface area (Å²) in [4.78, 5) is 38.8. The van der Waals surface area contributed by atoms with Crippen LogP contribution >= 0.6 is 0 Å². The molecular formula is C47H84O21. The molecule has 0 aromatic carbocycles. The summed E-state index contributed by atoms with van der Waals surface area (Å²) in [7, 11) is 0. The molecule has 0 amide bonds. The predicted molar refractivity (Wildman–Crippen MR) is 240 cm³/mol. The second kappa shape index (κ2) is 31.7. The lowest BCUT2D eigenvalue weighted by molar-refractivity contribution is -0.282. The van der Waals surface area contributed by atoms with Gasteiger partial charge in [0.25, 0.3) is 0 Å². The minimum atomic E-state index is -1.23. The van der Waals surface area contributed by atoms with Gasteiger partial charge in [0.2, 0.25) is 0 Å². The molecule has 0 radical (unpaired) electrons. The molecule has 6 unspecified atom stereocenters. The summed E-state index contributed by atoms with van der Waals surface area (Å²) in [6.45, 7) is 7.86. The minimum absolute atomic E-state index is 0.0449. The van der Waals surface area contributed by atoms with Crippen LogP contribution in [0.5, 0.6) is 0 Å². The Morgan fingerprint density at radius 3 is 1.00 bits per heavy atom. The minimum Gasteiger partial charge on any atom is -0.394 e. The number of ether oxygens (including phenoxy) is 9. The van der Waals surface area contributed by atoms with E-state index in [1.807, 2.05) is 13.8 Å². The Balaban J connectivity index is 1.48. The van der Waals surface area contributed by atoms with E-state index in [2.05, 4.69) is 0 Å². The van der Waals surface area contributed by atoms with Gasteiger partial charge >= 0.3 is 0 Å². The van der Waals surface area contributed by atoms with Gasteiger partial charge in [0.1, 0.15) is 56.4 Å². The summed E-state index contributed by atoms with van der Waals surface area (Å²) in [5.41, 5.74) is -0.825. The fourth-order valence-corrected chi connectivity index (χ4v) is 8.63. The molecule has 3 rings (SSSR count). The maximum absolute atomic E-state index is 12.9. The Hall–Kier alpha value is -1.71. The van der Waals surface area contributed by atoms with Gasteiger partial charge in [0.15, 0.2) is 36.2 Å². The van der Waals surface area contributed by atoms with E-state index in [9.17, 15) is 60.3 Å². The van der Waals surface area contributed by atoms with Crippen LogP contribution in [0.3, 0.4) is 0 Å². The molecule has 3 fully saturated rings. The van der Waals surface area contributed by atoms with E-state index in [0.717, 1.165) is 0 Å². The molecule has 21 nitrogen and oxygen atoms in total. The highest BCUT2D eigenvalue weighted by Crippen LogP contribution is 2.31. The number of hydrogen-bond acceptors (Lipinski definition) is 21. The van der Waals surface area contributed by atoms with E-state index in [1.54, 1.807) is 20.8 Å². The molecule has 15 atom stereocenters. The first kappa shape index (κ1) is 60.6. The van der Waals surface area contributed by atoms with Crippen LogP contribution in [0.4, 0.5) is 0 Å². The third-order valence-corrected chi connectivity index (χ3v) is 12.8. The molecule has 0 bridgehead atoms. The maximum Gasteiger partial charge on any atom is 0.163 e. The van der Waals surface area contributed by atoms with Crippen molar-refractivity contribution >= 4 is 17.3 Å². The number of carbonyl (C=O) groups is 3. The molecule has 0 saturated carbocycles.